The number of nitrogens with zero attached hydrogens (tertiary/aromatic N) is 2. The number of aryl methyl sites for hydroxylation is 1. The van der Waals surface area contributed by atoms with Gasteiger partial charge in [0, 0.05) is 4.88 Å². The summed E-state index contributed by atoms with van der Waals surface area (Å²) in [6.07, 6.45) is 0. The number of rotatable bonds is 5. The average molecular weight is 283 g/mol. The van der Waals surface area contributed by atoms with E-state index in [2.05, 4.69) is 24.0 Å². The van der Waals surface area contributed by atoms with Gasteiger partial charge >= 0.3 is 0 Å². The Labute approximate surface area is 115 Å². The predicted molar refractivity (Wildman–Crippen MR) is 77.8 cm³/mol. The Morgan fingerprint density at radius 1 is 1.50 bits per heavy atom. The molecule has 0 aliphatic carbocycles. The highest BCUT2D eigenvalue weighted by Gasteiger charge is 2.14. The number of thiophene rings is 1. The van der Waals surface area contributed by atoms with Crippen molar-refractivity contribution in [2.75, 3.05) is 11.5 Å². The SMILES string of the molecule is Cc1cc(-c2nc(CSCC(C)C)no2)c(N)s1. The Hall–Kier alpha value is -1.01. The van der Waals surface area contributed by atoms with Crippen molar-refractivity contribution in [3.05, 3.63) is 16.8 Å². The number of thioether (sulfide) groups is 1. The lowest BCUT2D eigenvalue weighted by atomic mass is 10.3. The molecule has 0 bridgehead atoms. The smallest absolute Gasteiger partial charge is 0.260 e. The van der Waals surface area contributed by atoms with Crippen LogP contribution in [0.2, 0.25) is 0 Å². The highest BCUT2D eigenvalue weighted by atomic mass is 32.2. The van der Waals surface area contributed by atoms with E-state index in [0.29, 0.717) is 11.8 Å². The van der Waals surface area contributed by atoms with Gasteiger partial charge < -0.3 is 10.3 Å². The topological polar surface area (TPSA) is 64.9 Å². The first-order chi connectivity index (χ1) is 8.56. The molecule has 2 N–H and O–H groups in total. The molecule has 0 amide bonds. The normalized spacial score (nSPS) is 11.3. The van der Waals surface area contributed by atoms with Crippen LogP contribution in [-0.4, -0.2) is 15.9 Å². The Morgan fingerprint density at radius 3 is 2.89 bits per heavy atom. The van der Waals surface area contributed by atoms with Crippen LogP contribution in [0.5, 0.6) is 0 Å². The Balaban J connectivity index is 2.04. The second-order valence-corrected chi connectivity index (χ2v) is 6.88. The van der Waals surface area contributed by atoms with Crippen molar-refractivity contribution in [2.45, 2.75) is 26.5 Å². The molecule has 0 radical (unpaired) electrons. The van der Waals surface area contributed by atoms with Crippen LogP contribution in [-0.2, 0) is 5.75 Å². The predicted octanol–water partition coefficient (Wildman–Crippen LogP) is 3.58. The summed E-state index contributed by atoms with van der Waals surface area (Å²) in [7, 11) is 0. The molecule has 6 heteroatoms. The second-order valence-electron chi connectivity index (χ2n) is 4.56. The van der Waals surface area contributed by atoms with Gasteiger partial charge in [-0.1, -0.05) is 19.0 Å². The van der Waals surface area contributed by atoms with E-state index in [0.717, 1.165) is 32.8 Å². The van der Waals surface area contributed by atoms with Gasteiger partial charge in [0.05, 0.1) is 16.3 Å². The summed E-state index contributed by atoms with van der Waals surface area (Å²) in [4.78, 5) is 5.53. The number of hydrogen-bond acceptors (Lipinski definition) is 6. The van der Waals surface area contributed by atoms with Gasteiger partial charge in [0.15, 0.2) is 5.82 Å². The minimum absolute atomic E-state index is 0.525. The van der Waals surface area contributed by atoms with Crippen LogP contribution in [0.15, 0.2) is 10.6 Å². The van der Waals surface area contributed by atoms with Crippen molar-refractivity contribution in [3.8, 4) is 11.5 Å². The summed E-state index contributed by atoms with van der Waals surface area (Å²) < 4.78 is 5.25. The Bertz CT molecular complexity index is 519. The van der Waals surface area contributed by atoms with Gasteiger partial charge in [-0.05, 0) is 24.7 Å². The van der Waals surface area contributed by atoms with Crippen LogP contribution in [0.25, 0.3) is 11.5 Å². The van der Waals surface area contributed by atoms with Crippen LogP contribution in [0.4, 0.5) is 5.00 Å². The van der Waals surface area contributed by atoms with Crippen molar-refractivity contribution in [1.29, 1.82) is 0 Å². The fraction of sp³-hybridized carbons (Fsp3) is 0.500. The van der Waals surface area contributed by atoms with Crippen LogP contribution >= 0.6 is 23.1 Å². The minimum atomic E-state index is 0.525. The van der Waals surface area contributed by atoms with Crippen molar-refractivity contribution < 1.29 is 4.52 Å². The van der Waals surface area contributed by atoms with E-state index in [4.69, 9.17) is 10.3 Å². The van der Waals surface area contributed by atoms with E-state index in [9.17, 15) is 0 Å². The first-order valence-electron chi connectivity index (χ1n) is 5.83. The summed E-state index contributed by atoms with van der Waals surface area (Å²) in [5.74, 6) is 3.82. The third kappa shape index (κ3) is 3.26. The van der Waals surface area contributed by atoms with Crippen LogP contribution in [0.3, 0.4) is 0 Å². The maximum Gasteiger partial charge on any atom is 0.260 e. The van der Waals surface area contributed by atoms with Gasteiger partial charge in [-0.15, -0.1) is 11.3 Å². The van der Waals surface area contributed by atoms with Gasteiger partial charge in [-0.3, -0.25) is 0 Å². The van der Waals surface area contributed by atoms with E-state index in [1.807, 2.05) is 24.8 Å². The molecular formula is C12H17N3OS2. The molecule has 0 aliphatic rings. The van der Waals surface area contributed by atoms with E-state index in [-0.39, 0.29) is 0 Å². The summed E-state index contributed by atoms with van der Waals surface area (Å²) in [6.45, 7) is 6.41. The zero-order chi connectivity index (χ0) is 13.1. The molecule has 4 nitrogen and oxygen atoms in total. The van der Waals surface area contributed by atoms with E-state index >= 15 is 0 Å². The molecule has 2 aromatic rings. The maximum absolute atomic E-state index is 5.91. The molecule has 0 atom stereocenters. The van der Waals surface area contributed by atoms with Crippen molar-refractivity contribution in [1.82, 2.24) is 10.1 Å². The average Bonchev–Trinajstić information content (AvgIpc) is 2.85. The van der Waals surface area contributed by atoms with E-state index < -0.39 is 0 Å². The molecule has 18 heavy (non-hydrogen) atoms. The number of nitrogen functional groups attached to an aromatic ring is 1. The standard InChI is InChI=1S/C12H17N3OS2/c1-7(2)5-17-6-10-14-12(16-15-10)9-4-8(3)18-11(9)13/h4,7H,5-6,13H2,1-3H3. The molecule has 0 fully saturated rings. The third-order valence-corrected chi connectivity index (χ3v) is 4.51. The molecule has 0 aromatic carbocycles. The minimum Gasteiger partial charge on any atom is -0.390 e. The lowest BCUT2D eigenvalue weighted by Crippen LogP contribution is -1.92. The largest absolute Gasteiger partial charge is 0.390 e. The van der Waals surface area contributed by atoms with Crippen molar-refractivity contribution >= 4 is 28.1 Å². The molecule has 0 aliphatic heterocycles. The summed E-state index contributed by atoms with van der Waals surface area (Å²) in [5.41, 5.74) is 6.76. The van der Waals surface area contributed by atoms with Gasteiger partial charge in [0.25, 0.3) is 5.89 Å². The summed E-state index contributed by atoms with van der Waals surface area (Å²) in [5, 5.41) is 4.72. The molecule has 0 saturated carbocycles. The van der Waals surface area contributed by atoms with Gasteiger partial charge in [0.2, 0.25) is 0 Å². The van der Waals surface area contributed by atoms with E-state index in [1.165, 1.54) is 11.3 Å². The van der Waals surface area contributed by atoms with Crippen LogP contribution in [0, 0.1) is 12.8 Å². The molecule has 2 rings (SSSR count). The van der Waals surface area contributed by atoms with Gasteiger partial charge in [-0.25, -0.2) is 0 Å². The van der Waals surface area contributed by atoms with Gasteiger partial charge in [-0.2, -0.15) is 16.7 Å². The molecular weight excluding hydrogens is 266 g/mol. The number of hydrogen-bond donors (Lipinski definition) is 1. The fourth-order valence-corrected chi connectivity index (χ4v) is 3.18. The molecule has 0 unspecified atom stereocenters. The third-order valence-electron chi connectivity index (χ3n) is 2.26. The molecule has 98 valence electrons. The van der Waals surface area contributed by atoms with Crippen molar-refractivity contribution in [2.24, 2.45) is 5.92 Å². The fourth-order valence-electron chi connectivity index (χ4n) is 1.51. The van der Waals surface area contributed by atoms with Crippen LogP contribution < -0.4 is 5.73 Å². The second kappa shape index (κ2) is 5.75. The zero-order valence-electron chi connectivity index (χ0n) is 10.8. The highest BCUT2D eigenvalue weighted by Crippen LogP contribution is 2.32. The first kappa shape index (κ1) is 13.4. The molecule has 2 aromatic heterocycles. The van der Waals surface area contributed by atoms with Crippen molar-refractivity contribution in [3.63, 3.8) is 0 Å². The molecule has 0 spiro atoms. The quantitative estimate of drug-likeness (QED) is 0.908. The summed E-state index contributed by atoms with van der Waals surface area (Å²) in [6, 6.07) is 1.98. The lowest BCUT2D eigenvalue weighted by Gasteiger charge is -2.00. The Kier molecular flexibility index (Phi) is 4.29. The molecule has 2 heterocycles. The van der Waals surface area contributed by atoms with E-state index in [1.54, 1.807) is 0 Å². The number of aromatic nitrogens is 2. The number of nitrogens with two attached hydrogens (primary N) is 1. The maximum atomic E-state index is 5.91. The first-order valence-corrected chi connectivity index (χ1v) is 7.80. The molecule has 0 saturated heterocycles. The van der Waals surface area contributed by atoms with Crippen LogP contribution in [0.1, 0.15) is 24.5 Å². The summed E-state index contributed by atoms with van der Waals surface area (Å²) >= 11 is 3.36. The monoisotopic (exact) mass is 283 g/mol. The zero-order valence-corrected chi connectivity index (χ0v) is 12.4. The highest BCUT2D eigenvalue weighted by molar-refractivity contribution is 7.98. The Morgan fingerprint density at radius 2 is 2.28 bits per heavy atom. The van der Waals surface area contributed by atoms with Gasteiger partial charge in [0.1, 0.15) is 0 Å². The number of anilines is 1. The lowest BCUT2D eigenvalue weighted by molar-refractivity contribution is 0.425.